The Bertz CT molecular complexity index is 1110. The number of primary amides is 1. The van der Waals surface area contributed by atoms with E-state index in [1.165, 1.54) is 19.6 Å². The Balaban J connectivity index is 1.68. The highest BCUT2D eigenvalue weighted by atomic mass is 19.1. The number of nitrogens with zero attached hydrogens (tertiary/aromatic N) is 2. The molecule has 32 heavy (non-hydrogen) atoms. The number of methoxy groups -OCH3 is 1. The molecule has 3 aromatic rings. The van der Waals surface area contributed by atoms with Crippen molar-refractivity contribution in [1.29, 1.82) is 0 Å². The molecule has 1 aliphatic rings. The molecule has 1 aliphatic carbocycles. The molecule has 168 valence electrons. The molecular weight excluding hydrogens is 415 g/mol. The number of ether oxygens (including phenoxy) is 1. The largest absolute Gasteiger partial charge is 0.481 e. The Morgan fingerprint density at radius 2 is 2.09 bits per heavy atom. The molecule has 3 heterocycles. The van der Waals surface area contributed by atoms with Gasteiger partial charge < -0.3 is 31.3 Å². The first kappa shape index (κ1) is 21.6. The van der Waals surface area contributed by atoms with Gasteiger partial charge in [-0.15, -0.1) is 0 Å². The fraction of sp³-hybridized carbons (Fsp3) is 0.318. The van der Waals surface area contributed by atoms with Gasteiger partial charge in [-0.3, -0.25) is 4.79 Å². The number of furan rings is 1. The molecule has 1 fully saturated rings. The summed E-state index contributed by atoms with van der Waals surface area (Å²) in [6.07, 6.45) is 8.34. The van der Waals surface area contributed by atoms with Crippen LogP contribution >= 0.6 is 0 Å². The lowest BCUT2D eigenvalue weighted by Crippen LogP contribution is -2.43. The van der Waals surface area contributed by atoms with Gasteiger partial charge in [-0.1, -0.05) is 12.8 Å². The summed E-state index contributed by atoms with van der Waals surface area (Å²) in [5.74, 6) is -0.967. The van der Waals surface area contributed by atoms with E-state index in [0.29, 0.717) is 17.1 Å². The number of carbonyl (C=O) groups excluding carboxylic acids is 1. The molecule has 2 atom stereocenters. The maximum atomic E-state index is 14.7. The first-order valence-corrected chi connectivity index (χ1v) is 10.3. The minimum Gasteiger partial charge on any atom is -0.481 e. The number of carbonyl (C=O) groups is 1. The zero-order valence-corrected chi connectivity index (χ0v) is 17.6. The molecule has 10 heteroatoms. The summed E-state index contributed by atoms with van der Waals surface area (Å²) in [6.45, 7) is 0. The smallest absolute Gasteiger partial charge is 0.252 e. The minimum atomic E-state index is -0.809. The Morgan fingerprint density at radius 1 is 1.28 bits per heavy atom. The fourth-order valence-electron chi connectivity index (χ4n) is 3.83. The van der Waals surface area contributed by atoms with E-state index in [0.717, 1.165) is 37.3 Å². The number of hydrogen-bond acceptors (Lipinski definition) is 8. The number of halogens is 1. The third kappa shape index (κ3) is 4.50. The van der Waals surface area contributed by atoms with Crippen LogP contribution in [0.3, 0.4) is 0 Å². The van der Waals surface area contributed by atoms with Crippen molar-refractivity contribution in [2.45, 2.75) is 37.8 Å². The second-order valence-electron chi connectivity index (χ2n) is 7.70. The normalized spacial score (nSPS) is 18.2. The molecule has 4 rings (SSSR count). The molecule has 0 bridgehead atoms. The second-order valence-corrected chi connectivity index (χ2v) is 7.70. The third-order valence-electron chi connectivity index (χ3n) is 5.52. The number of rotatable bonds is 7. The van der Waals surface area contributed by atoms with Gasteiger partial charge in [0.05, 0.1) is 37.1 Å². The average molecular weight is 440 g/mol. The Kier molecular flexibility index (Phi) is 6.22. The van der Waals surface area contributed by atoms with E-state index in [9.17, 15) is 9.18 Å². The number of nitrogens with one attached hydrogen (secondary N) is 2. The van der Waals surface area contributed by atoms with Crippen LogP contribution in [0.25, 0.3) is 11.1 Å². The minimum absolute atomic E-state index is 0.0105. The molecule has 0 aromatic carbocycles. The summed E-state index contributed by atoms with van der Waals surface area (Å²) < 4.78 is 25.2. The molecule has 1 unspecified atom stereocenters. The highest BCUT2D eigenvalue weighted by Crippen LogP contribution is 2.32. The molecule has 0 radical (unpaired) electrons. The van der Waals surface area contributed by atoms with Crippen LogP contribution in [0.5, 0.6) is 5.88 Å². The zero-order valence-electron chi connectivity index (χ0n) is 17.6. The lowest BCUT2D eigenvalue weighted by atomic mass is 9.91. The Labute approximate surface area is 184 Å². The Morgan fingerprint density at radius 3 is 2.78 bits per heavy atom. The number of hydrogen-bond donors (Lipinski definition) is 4. The molecule has 3 aromatic heterocycles. The predicted molar refractivity (Wildman–Crippen MR) is 118 cm³/mol. The standard InChI is InChI=1S/C22H25FN6O3/c1-31-22-14(12-6-7-32-11-12)8-13(10-26-22)27-20-15(19(25)30)9-16(23)21(29-20)28-18-5-3-2-4-17(18)24/h6-11,17-18H,2-5,24H2,1H3,(H2,25,30)(H2,27,28,29)/t17?,18-/m1/s1. The number of aromatic nitrogens is 2. The lowest BCUT2D eigenvalue weighted by Gasteiger charge is -2.30. The maximum absolute atomic E-state index is 14.7. The highest BCUT2D eigenvalue weighted by molar-refractivity contribution is 5.98. The van der Waals surface area contributed by atoms with Gasteiger partial charge in [-0.05, 0) is 31.0 Å². The van der Waals surface area contributed by atoms with Crippen molar-refractivity contribution in [2.24, 2.45) is 11.5 Å². The van der Waals surface area contributed by atoms with Crippen LogP contribution in [0, 0.1) is 5.82 Å². The first-order chi connectivity index (χ1) is 15.5. The van der Waals surface area contributed by atoms with Crippen molar-refractivity contribution in [1.82, 2.24) is 9.97 Å². The quantitative estimate of drug-likeness (QED) is 0.438. The topological polar surface area (TPSA) is 141 Å². The van der Waals surface area contributed by atoms with Crippen molar-refractivity contribution in [3.05, 3.63) is 48.3 Å². The van der Waals surface area contributed by atoms with Crippen LogP contribution < -0.4 is 26.8 Å². The number of nitrogens with two attached hydrogens (primary N) is 2. The third-order valence-corrected chi connectivity index (χ3v) is 5.52. The monoisotopic (exact) mass is 440 g/mol. The SMILES string of the molecule is COc1ncc(Nc2nc(N[C@@H]3CCCCC3N)c(F)cc2C(N)=O)cc1-c1ccoc1. The maximum Gasteiger partial charge on any atom is 0.252 e. The Hall–Kier alpha value is -3.66. The number of amides is 1. The van der Waals surface area contributed by atoms with Gasteiger partial charge in [0.1, 0.15) is 5.82 Å². The number of pyridine rings is 2. The summed E-state index contributed by atoms with van der Waals surface area (Å²) in [5, 5.41) is 6.12. The molecule has 6 N–H and O–H groups in total. The van der Waals surface area contributed by atoms with Crippen LogP contribution in [0.2, 0.25) is 0 Å². The van der Waals surface area contributed by atoms with Crippen molar-refractivity contribution in [3.63, 3.8) is 0 Å². The second kappa shape index (κ2) is 9.23. The van der Waals surface area contributed by atoms with Crippen molar-refractivity contribution in [2.75, 3.05) is 17.7 Å². The molecule has 0 saturated heterocycles. The van der Waals surface area contributed by atoms with Gasteiger partial charge in [-0.25, -0.2) is 14.4 Å². The summed E-state index contributed by atoms with van der Waals surface area (Å²) in [5.41, 5.74) is 13.5. The highest BCUT2D eigenvalue weighted by Gasteiger charge is 2.24. The molecule has 1 amide bonds. The van der Waals surface area contributed by atoms with Crippen LogP contribution in [0.1, 0.15) is 36.0 Å². The average Bonchev–Trinajstić information content (AvgIpc) is 3.32. The van der Waals surface area contributed by atoms with Gasteiger partial charge in [0, 0.05) is 23.2 Å². The van der Waals surface area contributed by atoms with E-state index >= 15 is 0 Å². The van der Waals surface area contributed by atoms with Crippen LogP contribution in [-0.4, -0.2) is 35.1 Å². The molecule has 9 nitrogen and oxygen atoms in total. The summed E-state index contributed by atoms with van der Waals surface area (Å²) in [4.78, 5) is 20.6. The van der Waals surface area contributed by atoms with Gasteiger partial charge in [-0.2, -0.15) is 0 Å². The van der Waals surface area contributed by atoms with Crippen molar-refractivity contribution >= 4 is 23.2 Å². The molecule has 1 saturated carbocycles. The predicted octanol–water partition coefficient (Wildman–Crippen LogP) is 3.41. The van der Waals surface area contributed by atoms with E-state index in [-0.39, 0.29) is 29.3 Å². The molecular formula is C22H25FN6O3. The van der Waals surface area contributed by atoms with E-state index in [2.05, 4.69) is 20.6 Å². The molecule has 0 spiro atoms. The van der Waals surface area contributed by atoms with Crippen LogP contribution in [0.15, 0.2) is 41.3 Å². The number of anilines is 3. The van der Waals surface area contributed by atoms with Crippen LogP contribution in [0.4, 0.5) is 21.7 Å². The van der Waals surface area contributed by atoms with Crippen LogP contribution in [-0.2, 0) is 0 Å². The zero-order chi connectivity index (χ0) is 22.7. The van der Waals surface area contributed by atoms with Crippen molar-refractivity contribution < 1.29 is 18.3 Å². The van der Waals surface area contributed by atoms with E-state index in [1.807, 2.05) is 0 Å². The van der Waals surface area contributed by atoms with E-state index in [4.69, 9.17) is 20.6 Å². The fourth-order valence-corrected chi connectivity index (χ4v) is 3.83. The van der Waals surface area contributed by atoms with E-state index in [1.54, 1.807) is 18.4 Å². The lowest BCUT2D eigenvalue weighted by molar-refractivity contribution is 0.100. The summed E-state index contributed by atoms with van der Waals surface area (Å²) >= 11 is 0. The van der Waals surface area contributed by atoms with Crippen molar-refractivity contribution in [3.8, 4) is 17.0 Å². The first-order valence-electron chi connectivity index (χ1n) is 10.3. The molecule has 0 aliphatic heterocycles. The van der Waals surface area contributed by atoms with Gasteiger partial charge in [0.25, 0.3) is 5.91 Å². The summed E-state index contributed by atoms with van der Waals surface area (Å²) in [7, 11) is 1.51. The summed E-state index contributed by atoms with van der Waals surface area (Å²) in [6, 6.07) is 4.40. The van der Waals surface area contributed by atoms with Gasteiger partial charge in [0.2, 0.25) is 5.88 Å². The van der Waals surface area contributed by atoms with E-state index < -0.39 is 11.7 Å². The van der Waals surface area contributed by atoms with Gasteiger partial charge >= 0.3 is 0 Å². The van der Waals surface area contributed by atoms with Gasteiger partial charge in [0.15, 0.2) is 11.6 Å².